The van der Waals surface area contributed by atoms with Crippen LogP contribution in [0.25, 0.3) is 0 Å². The Morgan fingerprint density at radius 2 is 1.42 bits per heavy atom. The summed E-state index contributed by atoms with van der Waals surface area (Å²) >= 11 is 0. The molecule has 4 aromatic rings. The van der Waals surface area contributed by atoms with Crippen LogP contribution in [0.15, 0.2) is 66.9 Å². The molecule has 0 aliphatic heterocycles. The highest BCUT2D eigenvalue weighted by Gasteiger charge is 2.22. The summed E-state index contributed by atoms with van der Waals surface area (Å²) in [6.45, 7) is 18.5. The maximum atomic E-state index is 13.8. The summed E-state index contributed by atoms with van der Waals surface area (Å²) < 4.78 is 12.2. The van der Waals surface area contributed by atoms with Gasteiger partial charge < -0.3 is 34.8 Å². The summed E-state index contributed by atoms with van der Waals surface area (Å²) in [6, 6.07) is 17.8. The molecule has 4 rings (SSSR count). The lowest BCUT2D eigenvalue weighted by molar-refractivity contribution is 0.0768. The van der Waals surface area contributed by atoms with E-state index in [1.165, 1.54) is 6.20 Å². The third kappa shape index (κ3) is 9.85. The third-order valence-electron chi connectivity index (χ3n) is 8.85. The number of hydrogen-bond acceptors (Lipinski definition) is 9. The monoisotopic (exact) mass is 709 g/mol. The number of nitrogens with zero attached hydrogens (tertiary/aromatic N) is 5. The van der Waals surface area contributed by atoms with Gasteiger partial charge in [-0.25, -0.2) is 4.98 Å². The molecule has 3 amide bonds. The van der Waals surface area contributed by atoms with E-state index < -0.39 is 5.91 Å². The Morgan fingerprint density at radius 1 is 0.769 bits per heavy atom. The normalized spacial score (nSPS) is 10.9. The largest absolute Gasteiger partial charge is 0.490 e. The smallest absolute Gasteiger partial charge is 0.262 e. The van der Waals surface area contributed by atoms with Crippen molar-refractivity contribution in [2.45, 2.75) is 48.5 Å². The summed E-state index contributed by atoms with van der Waals surface area (Å²) in [6.07, 6.45) is 1.40. The molecule has 3 aromatic carbocycles. The van der Waals surface area contributed by atoms with Crippen LogP contribution in [0.2, 0.25) is 0 Å². The van der Waals surface area contributed by atoms with E-state index in [2.05, 4.69) is 39.3 Å². The van der Waals surface area contributed by atoms with Gasteiger partial charge in [0.15, 0.2) is 11.5 Å². The Bertz CT molecular complexity index is 1820. The standard InChI is InChI=1S/C40H51N7O5/c1-9-46(10-2)24-23-45(8)38(49)29-17-20-31(21-18-29)42-40-41-26-32(36(48)43-35-27(6)15-14-16-28(35)7)37(44-40)52-33-22-19-30(25-34(33)51-13-5)39(50)47(11-3)12-4/h14-22,25-26H,9-13,23-24H2,1-8H3,(H,43,48)(H,41,42,44). The topological polar surface area (TPSA) is 129 Å². The predicted molar refractivity (Wildman–Crippen MR) is 205 cm³/mol. The number of amides is 3. The minimum atomic E-state index is -0.460. The molecular weight excluding hydrogens is 658 g/mol. The number of hydrogen-bond donors (Lipinski definition) is 2. The molecule has 2 N–H and O–H groups in total. The first-order valence-corrected chi connectivity index (χ1v) is 17.9. The van der Waals surface area contributed by atoms with E-state index in [0.29, 0.717) is 54.5 Å². The molecule has 0 unspecified atom stereocenters. The Labute approximate surface area is 307 Å². The van der Waals surface area contributed by atoms with Crippen LogP contribution in [-0.4, -0.2) is 95.3 Å². The molecule has 0 bridgehead atoms. The third-order valence-corrected chi connectivity index (χ3v) is 8.85. The van der Waals surface area contributed by atoms with Gasteiger partial charge in [-0.15, -0.1) is 0 Å². The lowest BCUT2D eigenvalue weighted by atomic mass is 10.1. The second-order valence-corrected chi connectivity index (χ2v) is 12.3. The minimum absolute atomic E-state index is 0.0216. The zero-order valence-corrected chi connectivity index (χ0v) is 31.6. The maximum Gasteiger partial charge on any atom is 0.262 e. The Balaban J connectivity index is 1.64. The van der Waals surface area contributed by atoms with Crippen molar-refractivity contribution in [2.75, 3.05) is 63.6 Å². The van der Waals surface area contributed by atoms with Crippen LogP contribution in [-0.2, 0) is 0 Å². The number of carbonyl (C=O) groups excluding carboxylic acids is 3. The van der Waals surface area contributed by atoms with Gasteiger partial charge in [0, 0.05) is 61.9 Å². The zero-order valence-electron chi connectivity index (χ0n) is 31.6. The summed E-state index contributed by atoms with van der Waals surface area (Å²) in [5, 5.41) is 6.14. The van der Waals surface area contributed by atoms with E-state index >= 15 is 0 Å². The number of aromatic nitrogens is 2. The fourth-order valence-corrected chi connectivity index (χ4v) is 5.62. The molecule has 276 valence electrons. The van der Waals surface area contributed by atoms with Crippen LogP contribution in [0, 0.1) is 13.8 Å². The molecule has 1 heterocycles. The van der Waals surface area contributed by atoms with Crippen LogP contribution in [0.4, 0.5) is 17.3 Å². The number of carbonyl (C=O) groups is 3. The van der Waals surface area contributed by atoms with Crippen LogP contribution in [0.5, 0.6) is 17.4 Å². The van der Waals surface area contributed by atoms with Gasteiger partial charge in [-0.3, -0.25) is 14.4 Å². The Morgan fingerprint density at radius 3 is 2.04 bits per heavy atom. The first kappa shape index (κ1) is 39.3. The Hall–Kier alpha value is -5.49. The van der Waals surface area contributed by atoms with E-state index in [4.69, 9.17) is 9.47 Å². The molecule has 0 aliphatic rings. The lowest BCUT2D eigenvalue weighted by Gasteiger charge is -2.23. The first-order chi connectivity index (χ1) is 25.0. The van der Waals surface area contributed by atoms with Gasteiger partial charge in [0.05, 0.1) is 6.61 Å². The maximum absolute atomic E-state index is 13.8. The van der Waals surface area contributed by atoms with Gasteiger partial charge in [-0.05, 0) is 101 Å². The number of nitrogens with one attached hydrogen (secondary N) is 2. The fourth-order valence-electron chi connectivity index (χ4n) is 5.62. The van der Waals surface area contributed by atoms with Gasteiger partial charge in [0.25, 0.3) is 17.7 Å². The summed E-state index contributed by atoms with van der Waals surface area (Å²) in [5.74, 6) is 0.0949. The second-order valence-electron chi connectivity index (χ2n) is 12.3. The van der Waals surface area contributed by atoms with Crippen molar-refractivity contribution in [1.82, 2.24) is 24.7 Å². The van der Waals surface area contributed by atoms with Crippen molar-refractivity contribution in [3.63, 3.8) is 0 Å². The number of anilines is 3. The van der Waals surface area contributed by atoms with E-state index in [9.17, 15) is 14.4 Å². The highest BCUT2D eigenvalue weighted by Crippen LogP contribution is 2.35. The van der Waals surface area contributed by atoms with Crippen molar-refractivity contribution in [3.05, 3.63) is 94.7 Å². The molecule has 0 saturated carbocycles. The van der Waals surface area contributed by atoms with Crippen molar-refractivity contribution in [1.29, 1.82) is 0 Å². The summed E-state index contributed by atoms with van der Waals surface area (Å²) in [4.78, 5) is 54.7. The second kappa shape index (κ2) is 18.7. The molecule has 52 heavy (non-hydrogen) atoms. The van der Waals surface area contributed by atoms with Gasteiger partial charge in [-0.2, -0.15) is 4.98 Å². The first-order valence-electron chi connectivity index (χ1n) is 17.9. The van der Waals surface area contributed by atoms with Crippen molar-refractivity contribution < 1.29 is 23.9 Å². The molecule has 0 saturated heterocycles. The average molecular weight is 710 g/mol. The highest BCUT2D eigenvalue weighted by atomic mass is 16.5. The number of aryl methyl sites for hydroxylation is 2. The van der Waals surface area contributed by atoms with Crippen molar-refractivity contribution in [3.8, 4) is 17.4 Å². The molecule has 0 spiro atoms. The van der Waals surface area contributed by atoms with Crippen molar-refractivity contribution in [2.24, 2.45) is 0 Å². The van der Waals surface area contributed by atoms with Crippen molar-refractivity contribution >= 4 is 35.0 Å². The quantitative estimate of drug-likeness (QED) is 0.117. The fraction of sp³-hybridized carbons (Fsp3) is 0.375. The zero-order chi connectivity index (χ0) is 37.8. The number of likely N-dealkylation sites (N-methyl/N-ethyl adjacent to an activating group) is 2. The average Bonchev–Trinajstić information content (AvgIpc) is 3.14. The van der Waals surface area contributed by atoms with Gasteiger partial charge >= 0.3 is 0 Å². The molecule has 0 radical (unpaired) electrons. The number of para-hydroxylation sites is 1. The van der Waals surface area contributed by atoms with Gasteiger partial charge in [-0.1, -0.05) is 32.0 Å². The van der Waals surface area contributed by atoms with E-state index in [1.54, 1.807) is 59.3 Å². The molecule has 0 atom stereocenters. The van der Waals surface area contributed by atoms with Gasteiger partial charge in [0.1, 0.15) is 5.56 Å². The lowest BCUT2D eigenvalue weighted by Crippen LogP contribution is -2.36. The minimum Gasteiger partial charge on any atom is -0.490 e. The summed E-state index contributed by atoms with van der Waals surface area (Å²) in [7, 11) is 1.80. The van der Waals surface area contributed by atoms with Gasteiger partial charge in [0.2, 0.25) is 11.8 Å². The molecule has 12 heteroatoms. The van der Waals surface area contributed by atoms with E-state index in [-0.39, 0.29) is 35.0 Å². The molecular formula is C40H51N7O5. The predicted octanol–water partition coefficient (Wildman–Crippen LogP) is 7.18. The van der Waals surface area contributed by atoms with Crippen LogP contribution in [0.1, 0.15) is 76.8 Å². The number of benzene rings is 3. The highest BCUT2D eigenvalue weighted by molar-refractivity contribution is 6.06. The van der Waals surface area contributed by atoms with Crippen LogP contribution in [0.3, 0.4) is 0 Å². The van der Waals surface area contributed by atoms with E-state index in [1.807, 2.05) is 52.8 Å². The van der Waals surface area contributed by atoms with E-state index in [0.717, 1.165) is 30.8 Å². The molecule has 12 nitrogen and oxygen atoms in total. The molecule has 1 aromatic heterocycles. The number of ether oxygens (including phenoxy) is 2. The Kier molecular flexibility index (Phi) is 14.1. The van der Waals surface area contributed by atoms with Crippen LogP contribution >= 0.6 is 0 Å². The number of rotatable bonds is 17. The molecule has 0 fully saturated rings. The molecule has 0 aliphatic carbocycles. The van der Waals surface area contributed by atoms with Crippen LogP contribution < -0.4 is 20.1 Å². The SMILES string of the molecule is CCOc1cc(C(=O)N(CC)CC)ccc1Oc1nc(Nc2ccc(C(=O)N(C)CCN(CC)CC)cc2)ncc1C(=O)Nc1c(C)cccc1C. The summed E-state index contributed by atoms with van der Waals surface area (Å²) in [5.41, 5.74) is 4.22.